The van der Waals surface area contributed by atoms with Crippen LogP contribution in [0.5, 0.6) is 0 Å². The number of hydrogen-bond donors (Lipinski definition) is 0. The molecule has 6 nitrogen and oxygen atoms in total. The first-order valence-electron chi connectivity index (χ1n) is 9.45. The molecule has 0 radical (unpaired) electrons. The third-order valence-electron chi connectivity index (χ3n) is 5.74. The Balaban J connectivity index is 1.56. The molecule has 26 heavy (non-hydrogen) atoms. The van der Waals surface area contributed by atoms with E-state index in [1.807, 2.05) is 18.9 Å². The molecule has 3 rings (SSSR count). The zero-order chi connectivity index (χ0) is 18.7. The lowest BCUT2D eigenvalue weighted by Crippen LogP contribution is -2.56. The molecule has 1 saturated heterocycles. The van der Waals surface area contributed by atoms with Crippen molar-refractivity contribution in [2.24, 2.45) is 0 Å². The van der Waals surface area contributed by atoms with Gasteiger partial charge in [0.15, 0.2) is 0 Å². The molecule has 1 saturated carbocycles. The lowest BCUT2D eigenvalue weighted by molar-refractivity contribution is -0.138. The molecular weight excluding hydrogens is 370 g/mol. The summed E-state index contributed by atoms with van der Waals surface area (Å²) in [5, 5.41) is 1.78. The molecule has 1 amide bonds. The maximum atomic E-state index is 12.9. The average molecular weight is 400 g/mol. The Morgan fingerprint density at radius 2 is 1.85 bits per heavy atom. The second kappa shape index (κ2) is 8.37. The smallest absolute Gasteiger partial charge is 0.252 e. The fraction of sp³-hybridized carbons (Fsp3) is 0.722. The molecule has 0 bridgehead atoms. The van der Waals surface area contributed by atoms with Crippen LogP contribution in [0.25, 0.3) is 0 Å². The van der Waals surface area contributed by atoms with Crippen molar-refractivity contribution < 1.29 is 13.2 Å². The highest BCUT2D eigenvalue weighted by atomic mass is 32.2. The zero-order valence-corrected chi connectivity index (χ0v) is 17.3. The number of amides is 1. The first kappa shape index (κ1) is 19.8. The summed E-state index contributed by atoms with van der Waals surface area (Å²) in [5.41, 5.74) is 0. The second-order valence-corrected chi connectivity index (χ2v) is 10.4. The third kappa shape index (κ3) is 4.13. The molecule has 1 aliphatic carbocycles. The second-order valence-electron chi connectivity index (χ2n) is 7.29. The summed E-state index contributed by atoms with van der Waals surface area (Å²) in [6.07, 6.45) is 5.88. The van der Waals surface area contributed by atoms with Crippen molar-refractivity contribution in [3.05, 3.63) is 17.5 Å². The van der Waals surface area contributed by atoms with Gasteiger partial charge in [0.25, 0.3) is 10.0 Å². The molecule has 8 heteroatoms. The van der Waals surface area contributed by atoms with Gasteiger partial charge in [0.1, 0.15) is 4.21 Å². The summed E-state index contributed by atoms with van der Waals surface area (Å²) in [5.74, 6) is 0.159. The highest BCUT2D eigenvalue weighted by molar-refractivity contribution is 7.91. The van der Waals surface area contributed by atoms with E-state index in [1.54, 1.807) is 17.5 Å². The highest BCUT2D eigenvalue weighted by Crippen LogP contribution is 2.24. The predicted molar refractivity (Wildman–Crippen MR) is 104 cm³/mol. The van der Waals surface area contributed by atoms with Crippen LogP contribution < -0.4 is 0 Å². The van der Waals surface area contributed by atoms with Gasteiger partial charge in [0, 0.05) is 39.3 Å². The van der Waals surface area contributed by atoms with Crippen LogP contribution in [0.4, 0.5) is 0 Å². The van der Waals surface area contributed by atoms with Crippen LogP contribution in [-0.4, -0.2) is 73.7 Å². The Morgan fingerprint density at radius 1 is 1.19 bits per heavy atom. The fourth-order valence-corrected chi connectivity index (χ4v) is 6.53. The molecule has 0 aromatic carbocycles. The van der Waals surface area contributed by atoms with E-state index < -0.39 is 10.0 Å². The molecule has 1 aromatic heterocycles. The summed E-state index contributed by atoms with van der Waals surface area (Å²) in [6, 6.07) is 3.57. The van der Waals surface area contributed by atoms with E-state index in [2.05, 4.69) is 4.90 Å². The molecule has 2 aliphatic rings. The number of piperazine rings is 1. The normalized spacial score (nSPS) is 22.2. The minimum Gasteiger partial charge on any atom is -0.341 e. The summed E-state index contributed by atoms with van der Waals surface area (Å²) in [4.78, 5) is 16.9. The fourth-order valence-electron chi connectivity index (χ4n) is 3.97. The maximum Gasteiger partial charge on any atom is 0.252 e. The van der Waals surface area contributed by atoms with Crippen LogP contribution in [0, 0.1) is 0 Å². The standard InChI is InChI=1S/C18H29N3O3S2/c1-15(18(22)19(2)16-7-4-3-5-8-16)20-10-12-21(13-11-20)26(23,24)17-9-6-14-25-17/h6,9,14-16H,3-5,7-8,10-13H2,1-2H3/t15-/m1/s1. The van der Waals surface area contributed by atoms with Gasteiger partial charge >= 0.3 is 0 Å². The minimum atomic E-state index is -3.39. The number of sulfonamides is 1. The number of carbonyl (C=O) groups excluding carboxylic acids is 1. The number of carbonyl (C=O) groups is 1. The van der Waals surface area contributed by atoms with Gasteiger partial charge in [-0.1, -0.05) is 25.3 Å². The van der Waals surface area contributed by atoms with E-state index in [0.29, 0.717) is 36.4 Å². The first-order valence-corrected chi connectivity index (χ1v) is 11.8. The molecule has 1 atom stereocenters. The number of nitrogens with zero attached hydrogens (tertiary/aromatic N) is 3. The van der Waals surface area contributed by atoms with Crippen LogP contribution in [-0.2, 0) is 14.8 Å². The molecule has 146 valence electrons. The lowest BCUT2D eigenvalue weighted by Gasteiger charge is -2.39. The van der Waals surface area contributed by atoms with E-state index in [1.165, 1.54) is 34.9 Å². The summed E-state index contributed by atoms with van der Waals surface area (Å²) in [7, 11) is -1.47. The van der Waals surface area contributed by atoms with Gasteiger partial charge in [0.05, 0.1) is 6.04 Å². The Morgan fingerprint density at radius 3 is 2.42 bits per heavy atom. The van der Waals surface area contributed by atoms with Crippen LogP contribution in [0.1, 0.15) is 39.0 Å². The Labute approximate surface area is 160 Å². The lowest BCUT2D eigenvalue weighted by atomic mass is 9.94. The van der Waals surface area contributed by atoms with Crippen molar-refractivity contribution in [1.29, 1.82) is 0 Å². The number of rotatable bonds is 5. The molecule has 2 fully saturated rings. The van der Waals surface area contributed by atoms with Crippen molar-refractivity contribution in [2.45, 2.75) is 55.3 Å². The van der Waals surface area contributed by atoms with Crippen LogP contribution in [0.3, 0.4) is 0 Å². The SMILES string of the molecule is C[C@H](C(=O)N(C)C1CCCCC1)N1CCN(S(=O)(=O)c2cccs2)CC1. The topological polar surface area (TPSA) is 60.9 Å². The van der Waals surface area contributed by atoms with E-state index in [0.717, 1.165) is 12.8 Å². The zero-order valence-electron chi connectivity index (χ0n) is 15.6. The highest BCUT2D eigenvalue weighted by Gasteiger charge is 2.34. The molecule has 0 spiro atoms. The van der Waals surface area contributed by atoms with Crippen LogP contribution >= 0.6 is 11.3 Å². The van der Waals surface area contributed by atoms with Gasteiger partial charge in [0.2, 0.25) is 5.91 Å². The van der Waals surface area contributed by atoms with E-state index in [4.69, 9.17) is 0 Å². The summed E-state index contributed by atoms with van der Waals surface area (Å²) >= 11 is 1.25. The van der Waals surface area contributed by atoms with Gasteiger partial charge in [-0.3, -0.25) is 9.69 Å². The van der Waals surface area contributed by atoms with E-state index in [9.17, 15) is 13.2 Å². The molecular formula is C18H29N3O3S2. The van der Waals surface area contributed by atoms with Crippen molar-refractivity contribution in [3.8, 4) is 0 Å². The summed E-state index contributed by atoms with van der Waals surface area (Å²) in [6.45, 7) is 4.01. The van der Waals surface area contributed by atoms with Crippen molar-refractivity contribution in [3.63, 3.8) is 0 Å². The maximum absolute atomic E-state index is 12.9. The minimum absolute atomic E-state index is 0.159. The molecule has 0 N–H and O–H groups in total. The van der Waals surface area contributed by atoms with Crippen molar-refractivity contribution in [1.82, 2.24) is 14.1 Å². The molecule has 2 heterocycles. The monoisotopic (exact) mass is 399 g/mol. The van der Waals surface area contributed by atoms with Gasteiger partial charge in [-0.25, -0.2) is 8.42 Å². The van der Waals surface area contributed by atoms with Crippen molar-refractivity contribution >= 4 is 27.3 Å². The van der Waals surface area contributed by atoms with Gasteiger partial charge in [-0.2, -0.15) is 4.31 Å². The van der Waals surface area contributed by atoms with Crippen LogP contribution in [0.15, 0.2) is 21.7 Å². The van der Waals surface area contributed by atoms with Crippen molar-refractivity contribution in [2.75, 3.05) is 33.2 Å². The Bertz CT molecular complexity index is 691. The van der Waals surface area contributed by atoms with E-state index >= 15 is 0 Å². The molecule has 0 unspecified atom stereocenters. The number of likely N-dealkylation sites (N-methyl/N-ethyl adjacent to an activating group) is 1. The quantitative estimate of drug-likeness (QED) is 0.762. The first-order chi connectivity index (χ1) is 12.4. The van der Waals surface area contributed by atoms with Gasteiger partial charge in [-0.05, 0) is 31.2 Å². The summed E-state index contributed by atoms with van der Waals surface area (Å²) < 4.78 is 27.2. The largest absolute Gasteiger partial charge is 0.341 e. The molecule has 1 aliphatic heterocycles. The third-order valence-corrected chi connectivity index (χ3v) is 9.01. The van der Waals surface area contributed by atoms with Crippen LogP contribution in [0.2, 0.25) is 0 Å². The number of hydrogen-bond acceptors (Lipinski definition) is 5. The predicted octanol–water partition coefficient (Wildman–Crippen LogP) is 2.23. The van der Waals surface area contributed by atoms with E-state index in [-0.39, 0.29) is 11.9 Å². The average Bonchev–Trinajstić information content (AvgIpc) is 3.23. The van der Waals surface area contributed by atoms with Gasteiger partial charge in [-0.15, -0.1) is 11.3 Å². The Kier molecular flexibility index (Phi) is 6.37. The number of thiophene rings is 1. The Hall–Kier alpha value is -0.960. The van der Waals surface area contributed by atoms with Gasteiger partial charge < -0.3 is 4.90 Å². The molecule has 1 aromatic rings.